The number of aliphatic carboxylic acids is 2. The molecule has 0 aromatic carbocycles. The Hall–Kier alpha value is -2.93. The molecule has 3 heterocycles. The molecule has 2 aliphatic rings. The molecule has 2 aromatic rings. The molecule has 2 fully saturated rings. The summed E-state index contributed by atoms with van der Waals surface area (Å²) in [6.45, 7) is 2.69. The number of alkyl halides is 3. The number of anilines is 1. The Kier molecular flexibility index (Phi) is 7.19. The van der Waals surface area contributed by atoms with Crippen LogP contribution in [0.5, 0.6) is 0 Å². The van der Waals surface area contributed by atoms with Gasteiger partial charge in [0.2, 0.25) is 0 Å². The molecular weight excluding hydrogens is 435 g/mol. The number of nitrogens with one attached hydrogen (secondary N) is 1. The number of morpholine rings is 1. The number of halogens is 3. The lowest BCUT2D eigenvalue weighted by Gasteiger charge is -2.35. The van der Waals surface area contributed by atoms with Gasteiger partial charge in [-0.25, -0.2) is 14.8 Å². The summed E-state index contributed by atoms with van der Waals surface area (Å²) in [6.07, 6.45) is -0.890. The number of hydrogen-bond donors (Lipinski definition) is 3. The highest BCUT2D eigenvalue weighted by Crippen LogP contribution is 2.39. The molecular formula is C19H24F3N5O5. The predicted octanol–water partition coefficient (Wildman–Crippen LogP) is 1.69. The Balaban J connectivity index is 0.000000360. The third-order valence-corrected chi connectivity index (χ3v) is 4.96. The average molecular weight is 459 g/mol. The Morgan fingerprint density at radius 1 is 1.31 bits per heavy atom. The molecule has 0 spiro atoms. The standard InChI is InChI=1S/C17H23N5O3.C2HF3O2/c1-21(10-14(23)24)8-12-9-22(6-7-25-12)17-13-4-5-18-16(13)19-15(20-17)11-2-3-11;3-2(4,5)1(6)7/h4-5,11-12H,2-3,6-10H2,1H3,(H,23,24)(H,18,19,20);(H,6,7). The summed E-state index contributed by atoms with van der Waals surface area (Å²) < 4.78 is 37.6. The normalized spacial score (nSPS) is 19.0. The quantitative estimate of drug-likeness (QED) is 0.590. The maximum Gasteiger partial charge on any atom is 0.490 e. The van der Waals surface area contributed by atoms with E-state index in [-0.39, 0.29) is 12.6 Å². The molecule has 1 unspecified atom stereocenters. The Morgan fingerprint density at radius 2 is 2.00 bits per heavy atom. The van der Waals surface area contributed by atoms with Crippen LogP contribution in [0.1, 0.15) is 24.6 Å². The fraction of sp³-hybridized carbons (Fsp3) is 0.579. The van der Waals surface area contributed by atoms with Crippen molar-refractivity contribution in [2.45, 2.75) is 31.0 Å². The van der Waals surface area contributed by atoms with Gasteiger partial charge in [0, 0.05) is 31.7 Å². The monoisotopic (exact) mass is 459 g/mol. The lowest BCUT2D eigenvalue weighted by molar-refractivity contribution is -0.192. The van der Waals surface area contributed by atoms with E-state index in [0.29, 0.717) is 25.6 Å². The molecule has 0 amide bonds. The number of fused-ring (bicyclic) bond motifs is 1. The fourth-order valence-corrected chi connectivity index (χ4v) is 3.37. The van der Waals surface area contributed by atoms with Crippen LogP contribution >= 0.6 is 0 Å². The molecule has 1 aliphatic carbocycles. The predicted molar refractivity (Wildman–Crippen MR) is 107 cm³/mol. The summed E-state index contributed by atoms with van der Waals surface area (Å²) in [6, 6.07) is 2.02. The second-order valence-corrected chi connectivity index (χ2v) is 7.75. The maximum atomic E-state index is 10.8. The molecule has 2 aromatic heterocycles. The van der Waals surface area contributed by atoms with Gasteiger partial charge in [-0.3, -0.25) is 9.69 Å². The van der Waals surface area contributed by atoms with Crippen LogP contribution in [-0.4, -0.2) is 94.1 Å². The van der Waals surface area contributed by atoms with E-state index in [9.17, 15) is 18.0 Å². The molecule has 1 saturated carbocycles. The average Bonchev–Trinajstić information content (AvgIpc) is 3.44. The number of aromatic amines is 1. The van der Waals surface area contributed by atoms with Crippen LogP contribution in [0.2, 0.25) is 0 Å². The summed E-state index contributed by atoms with van der Waals surface area (Å²) in [5.41, 5.74) is 0.887. The van der Waals surface area contributed by atoms with Gasteiger partial charge >= 0.3 is 18.1 Å². The van der Waals surface area contributed by atoms with Crippen molar-refractivity contribution < 1.29 is 37.7 Å². The molecule has 0 bridgehead atoms. The van der Waals surface area contributed by atoms with E-state index < -0.39 is 18.1 Å². The Morgan fingerprint density at radius 3 is 2.59 bits per heavy atom. The van der Waals surface area contributed by atoms with E-state index in [1.54, 1.807) is 11.9 Å². The van der Waals surface area contributed by atoms with E-state index in [1.165, 1.54) is 0 Å². The molecule has 1 aliphatic heterocycles. The third-order valence-electron chi connectivity index (χ3n) is 4.96. The number of carboxylic acid groups (broad SMARTS) is 2. The lowest BCUT2D eigenvalue weighted by Crippen LogP contribution is -2.48. The number of carbonyl (C=O) groups is 2. The Labute approximate surface area is 181 Å². The summed E-state index contributed by atoms with van der Waals surface area (Å²) in [7, 11) is 1.80. The first-order valence-electron chi connectivity index (χ1n) is 9.96. The molecule has 1 saturated heterocycles. The zero-order valence-corrected chi connectivity index (χ0v) is 17.3. The largest absolute Gasteiger partial charge is 0.490 e. The van der Waals surface area contributed by atoms with Crippen LogP contribution in [-0.2, 0) is 14.3 Å². The van der Waals surface area contributed by atoms with Gasteiger partial charge in [0.05, 0.1) is 24.6 Å². The number of hydrogen-bond acceptors (Lipinski definition) is 7. The van der Waals surface area contributed by atoms with Crippen molar-refractivity contribution in [3.05, 3.63) is 18.1 Å². The summed E-state index contributed by atoms with van der Waals surface area (Å²) in [5, 5.41) is 17.1. The van der Waals surface area contributed by atoms with Gasteiger partial charge in [0.1, 0.15) is 17.3 Å². The lowest BCUT2D eigenvalue weighted by atomic mass is 10.2. The fourth-order valence-electron chi connectivity index (χ4n) is 3.37. The highest BCUT2D eigenvalue weighted by Gasteiger charge is 2.38. The molecule has 4 rings (SSSR count). The first-order valence-corrected chi connectivity index (χ1v) is 9.96. The van der Waals surface area contributed by atoms with E-state index >= 15 is 0 Å². The van der Waals surface area contributed by atoms with Crippen molar-refractivity contribution in [1.29, 1.82) is 0 Å². The smallest absolute Gasteiger partial charge is 0.480 e. The van der Waals surface area contributed by atoms with Crippen LogP contribution in [0.25, 0.3) is 11.0 Å². The number of likely N-dealkylation sites (N-methyl/N-ethyl adjacent to an activating group) is 1. The van der Waals surface area contributed by atoms with Crippen molar-refractivity contribution in [2.24, 2.45) is 0 Å². The van der Waals surface area contributed by atoms with E-state index in [1.807, 2.05) is 12.3 Å². The summed E-state index contributed by atoms with van der Waals surface area (Å²) >= 11 is 0. The van der Waals surface area contributed by atoms with Gasteiger partial charge in [0.15, 0.2) is 0 Å². The highest BCUT2D eigenvalue weighted by atomic mass is 19.4. The third kappa shape index (κ3) is 6.29. The topological polar surface area (TPSA) is 132 Å². The first kappa shape index (κ1) is 23.7. The van der Waals surface area contributed by atoms with Gasteiger partial charge in [-0.05, 0) is 26.0 Å². The number of ether oxygens (including phenoxy) is 1. The van der Waals surface area contributed by atoms with Crippen LogP contribution in [0.4, 0.5) is 19.0 Å². The van der Waals surface area contributed by atoms with Crippen molar-refractivity contribution in [2.75, 3.05) is 44.7 Å². The van der Waals surface area contributed by atoms with E-state index in [4.69, 9.17) is 24.7 Å². The van der Waals surface area contributed by atoms with Crippen molar-refractivity contribution in [1.82, 2.24) is 19.9 Å². The molecule has 1 atom stereocenters. The van der Waals surface area contributed by atoms with Gasteiger partial charge in [-0.2, -0.15) is 13.2 Å². The number of H-pyrrole nitrogens is 1. The number of aromatic nitrogens is 3. The van der Waals surface area contributed by atoms with Crippen molar-refractivity contribution in [3.8, 4) is 0 Å². The first-order chi connectivity index (χ1) is 15.0. The second kappa shape index (κ2) is 9.69. The van der Waals surface area contributed by atoms with Crippen LogP contribution in [0, 0.1) is 0 Å². The van der Waals surface area contributed by atoms with Crippen LogP contribution < -0.4 is 4.90 Å². The van der Waals surface area contributed by atoms with Gasteiger partial charge in [0.25, 0.3) is 0 Å². The minimum atomic E-state index is -5.08. The van der Waals surface area contributed by atoms with Gasteiger partial charge in [-0.1, -0.05) is 0 Å². The molecule has 13 heteroatoms. The van der Waals surface area contributed by atoms with Gasteiger partial charge < -0.3 is 24.8 Å². The number of carboxylic acids is 2. The summed E-state index contributed by atoms with van der Waals surface area (Å²) in [5.74, 6) is -1.20. The zero-order valence-electron chi connectivity index (χ0n) is 17.3. The SMILES string of the molecule is CN(CC(=O)O)CC1CN(c2nc(C3CC3)nc3[nH]ccc23)CCO1.O=C(O)C(F)(F)F. The van der Waals surface area contributed by atoms with Gasteiger partial charge in [-0.15, -0.1) is 0 Å². The van der Waals surface area contributed by atoms with Crippen molar-refractivity contribution in [3.63, 3.8) is 0 Å². The highest BCUT2D eigenvalue weighted by molar-refractivity contribution is 5.87. The minimum absolute atomic E-state index is 0.0151. The van der Waals surface area contributed by atoms with Crippen molar-refractivity contribution >= 4 is 28.8 Å². The summed E-state index contributed by atoms with van der Waals surface area (Å²) in [4.78, 5) is 36.5. The number of nitrogens with zero attached hydrogens (tertiary/aromatic N) is 4. The molecule has 32 heavy (non-hydrogen) atoms. The second-order valence-electron chi connectivity index (χ2n) is 7.75. The number of rotatable bonds is 6. The van der Waals surface area contributed by atoms with Crippen LogP contribution in [0.15, 0.2) is 12.3 Å². The van der Waals surface area contributed by atoms with E-state index in [2.05, 4.69) is 14.9 Å². The molecule has 10 nitrogen and oxygen atoms in total. The Bertz CT molecular complexity index is 962. The zero-order chi connectivity index (χ0) is 23.5. The molecule has 0 radical (unpaired) electrons. The van der Waals surface area contributed by atoms with Crippen LogP contribution in [0.3, 0.4) is 0 Å². The molecule has 3 N–H and O–H groups in total. The maximum absolute atomic E-state index is 10.8. The minimum Gasteiger partial charge on any atom is -0.480 e. The molecule has 176 valence electrons. The van der Waals surface area contributed by atoms with E-state index in [0.717, 1.165) is 42.1 Å².